The number of benzene rings is 4. The first kappa shape index (κ1) is 48.4. The molecular weight excluding hydrogens is 921 g/mol. The standard InChI is InChI=1S/C18H18N4O6S2.C16H16N6O6S2.Cr/c1-10-7-14(11-3-2-4-13(8-11)30(20,25)26)18(24)17(10)22-21-15-9-12(29-28-27-19)5-6-16(15)23;1-9-15(20-19-13-8-12(30(18,25)26)5-6-14(13)23)16(24)22(21-9)10-3-2-4-11(7-10)29-28-27-17;/h2-9,14,23-24H,19H2,1H3,(H2,20,25,26);2-8,23-24H,17H2,1H3,(H2,18,25,26);/p+1. The zero-order valence-corrected chi connectivity index (χ0v) is 35.9. The van der Waals surface area contributed by atoms with Gasteiger partial charge in [-0.3, -0.25) is 0 Å². The van der Waals surface area contributed by atoms with E-state index in [1.807, 2.05) is 0 Å². The SMILES string of the molecule is CC1=CC(c2cccc(S(N)(=O)=O)c2)C(O)=C1N=Nc1cc(SOON)ccc1O.Cc1nn(-c2cccc(SOON)c2)c(O)c1N=Nc1cc(S(N)(=O)=O)ccc1O.[Cr].[H+]. The van der Waals surface area contributed by atoms with Gasteiger partial charge in [-0.25, -0.2) is 27.1 Å². The molecule has 1 unspecified atom stereocenters. The van der Waals surface area contributed by atoms with E-state index in [-0.39, 0.29) is 74.5 Å². The number of sulfonamides is 2. The number of phenols is 2. The fraction of sp³-hybridized carbons (Fsp3) is 0.0882. The van der Waals surface area contributed by atoms with E-state index in [1.165, 1.54) is 28.9 Å². The molecule has 1 aromatic heterocycles. The summed E-state index contributed by atoms with van der Waals surface area (Å²) in [5, 5.41) is 71.4. The Balaban J connectivity index is 0.000000320. The molecule has 0 bridgehead atoms. The smallest absolute Gasteiger partial charge is 0.509 e. The largest absolute Gasteiger partial charge is 1.00 e. The first-order valence-corrected chi connectivity index (χ1v) is 21.0. The van der Waals surface area contributed by atoms with E-state index < -0.39 is 26.0 Å². The van der Waals surface area contributed by atoms with E-state index in [4.69, 9.17) is 22.1 Å². The minimum absolute atomic E-state index is 0. The number of aromatic nitrogens is 2. The van der Waals surface area contributed by atoms with Crippen molar-refractivity contribution in [2.45, 2.75) is 39.3 Å². The van der Waals surface area contributed by atoms with Crippen LogP contribution in [0.15, 0.2) is 148 Å². The topological polar surface area (TPSA) is 357 Å². The molecule has 6 rings (SSSR count). The first-order chi connectivity index (χ1) is 28.4. The van der Waals surface area contributed by atoms with Crippen molar-refractivity contribution in [3.8, 4) is 23.1 Å². The zero-order valence-electron chi connectivity index (χ0n) is 32.3. The van der Waals surface area contributed by atoms with E-state index in [1.54, 1.807) is 62.4 Å². The van der Waals surface area contributed by atoms with Crippen LogP contribution in [0.4, 0.5) is 17.1 Å². The van der Waals surface area contributed by atoms with Crippen molar-refractivity contribution >= 4 is 61.2 Å². The quantitative estimate of drug-likeness (QED) is 0.0271. The molecule has 0 fully saturated rings. The number of aliphatic hydroxyl groups is 1. The molecule has 1 aliphatic rings. The van der Waals surface area contributed by atoms with Crippen molar-refractivity contribution < 1.29 is 74.7 Å². The summed E-state index contributed by atoms with van der Waals surface area (Å²) < 4.78 is 56.5. The number of aryl methyl sites for hydroxylation is 1. The Morgan fingerprint density at radius 1 is 0.721 bits per heavy atom. The minimum Gasteiger partial charge on any atom is -0.509 e. The van der Waals surface area contributed by atoms with Crippen molar-refractivity contribution in [1.82, 2.24) is 9.78 Å². The van der Waals surface area contributed by atoms with Gasteiger partial charge in [0.1, 0.15) is 34.3 Å². The van der Waals surface area contributed by atoms with Gasteiger partial charge in [-0.05, 0) is 91.7 Å². The van der Waals surface area contributed by atoms with Crippen LogP contribution in [0, 0.1) is 6.92 Å². The summed E-state index contributed by atoms with van der Waals surface area (Å²) >= 11 is 1.67. The predicted octanol–water partition coefficient (Wildman–Crippen LogP) is 6.06. The molecule has 27 heteroatoms. The average Bonchev–Trinajstić information content (AvgIpc) is 3.66. The van der Waals surface area contributed by atoms with Crippen LogP contribution < -0.4 is 22.1 Å². The summed E-state index contributed by atoms with van der Waals surface area (Å²) in [4.78, 5) is 8.93. The molecule has 0 saturated carbocycles. The maximum Gasteiger partial charge on any atom is 1.00 e. The van der Waals surface area contributed by atoms with Crippen LogP contribution in [0.5, 0.6) is 17.4 Å². The van der Waals surface area contributed by atoms with Crippen molar-refractivity contribution in [1.29, 1.82) is 0 Å². The van der Waals surface area contributed by atoms with Crippen LogP contribution in [-0.2, 0) is 56.1 Å². The Hall–Kier alpha value is -5.22. The summed E-state index contributed by atoms with van der Waals surface area (Å²) in [6, 6.07) is 20.5. The third kappa shape index (κ3) is 12.4. The van der Waals surface area contributed by atoms with Crippen molar-refractivity contribution in [3.63, 3.8) is 0 Å². The number of hydrogen-bond donors (Lipinski definition) is 8. The van der Waals surface area contributed by atoms with Crippen LogP contribution >= 0.6 is 24.1 Å². The predicted molar refractivity (Wildman–Crippen MR) is 216 cm³/mol. The molecule has 1 atom stereocenters. The molecular formula is C34H35CrN10O12S4+. The number of rotatable bonds is 14. The van der Waals surface area contributed by atoms with E-state index in [0.29, 0.717) is 32.3 Å². The monoisotopic (exact) mass is 955 g/mol. The second-order valence-electron chi connectivity index (χ2n) is 12.1. The Morgan fingerprint density at radius 2 is 1.30 bits per heavy atom. The van der Waals surface area contributed by atoms with Crippen LogP contribution in [0.3, 0.4) is 0 Å². The summed E-state index contributed by atoms with van der Waals surface area (Å²) in [6.07, 6.45) is 1.73. The fourth-order valence-corrected chi connectivity index (χ4v) is 7.14. The van der Waals surface area contributed by atoms with Gasteiger partial charge in [-0.1, -0.05) is 24.3 Å². The number of aliphatic hydroxyl groups excluding tert-OH is 1. The number of allylic oxidation sites excluding steroid dienone is 2. The van der Waals surface area contributed by atoms with Crippen LogP contribution in [0.1, 0.15) is 25.5 Å². The summed E-state index contributed by atoms with van der Waals surface area (Å²) in [6.45, 7) is 3.32. The molecule has 5 aromatic rings. The molecule has 0 amide bonds. The van der Waals surface area contributed by atoms with E-state index >= 15 is 0 Å². The number of azo groups is 2. The van der Waals surface area contributed by atoms with Gasteiger partial charge in [0.05, 0.1) is 51.2 Å². The van der Waals surface area contributed by atoms with Gasteiger partial charge in [0.25, 0.3) is 0 Å². The average molecular weight is 956 g/mol. The molecule has 4 aromatic carbocycles. The molecule has 322 valence electrons. The van der Waals surface area contributed by atoms with Gasteiger partial charge in [0, 0.05) is 27.2 Å². The molecule has 12 N–H and O–H groups in total. The van der Waals surface area contributed by atoms with Gasteiger partial charge in [0.15, 0.2) is 5.69 Å². The van der Waals surface area contributed by atoms with Crippen LogP contribution in [0.2, 0.25) is 0 Å². The second kappa shape index (κ2) is 21.0. The Bertz CT molecular complexity index is 2760. The molecule has 0 spiro atoms. The van der Waals surface area contributed by atoms with Gasteiger partial charge >= 0.3 is 1.43 Å². The van der Waals surface area contributed by atoms with Crippen LogP contribution in [-0.4, -0.2) is 47.0 Å². The number of nitrogens with two attached hydrogens (primary N) is 4. The Kier molecular flexibility index (Phi) is 16.7. The molecule has 61 heavy (non-hydrogen) atoms. The fourth-order valence-electron chi connectivity index (χ4n) is 5.22. The van der Waals surface area contributed by atoms with Crippen LogP contribution in [0.25, 0.3) is 5.69 Å². The van der Waals surface area contributed by atoms with Crippen molar-refractivity contribution in [2.75, 3.05) is 0 Å². The summed E-state index contributed by atoms with van der Waals surface area (Å²) in [7, 11) is -7.87. The van der Waals surface area contributed by atoms with Crippen molar-refractivity contribution in [2.24, 2.45) is 42.5 Å². The number of aromatic hydroxyl groups is 3. The number of nitrogens with zero attached hydrogens (tertiary/aromatic N) is 6. The maximum atomic E-state index is 11.6. The van der Waals surface area contributed by atoms with Crippen molar-refractivity contribution in [3.05, 3.63) is 119 Å². The van der Waals surface area contributed by atoms with Gasteiger partial charge in [-0.15, -0.1) is 39.1 Å². The molecule has 0 aliphatic heterocycles. The number of primary sulfonamides is 2. The number of hydrogen-bond acceptors (Lipinski definition) is 21. The third-order valence-corrected chi connectivity index (χ3v) is 11.0. The summed E-state index contributed by atoms with van der Waals surface area (Å²) in [5.41, 5.74) is 2.20. The summed E-state index contributed by atoms with van der Waals surface area (Å²) in [5.74, 6) is 8.13. The molecule has 1 heterocycles. The third-order valence-electron chi connectivity index (χ3n) is 8.02. The Labute approximate surface area is 368 Å². The maximum absolute atomic E-state index is 11.6. The van der Waals surface area contributed by atoms with E-state index in [9.17, 15) is 37.3 Å². The molecule has 22 nitrogen and oxygen atoms in total. The molecule has 1 aliphatic carbocycles. The van der Waals surface area contributed by atoms with E-state index in [0.717, 1.165) is 42.3 Å². The van der Waals surface area contributed by atoms with E-state index in [2.05, 4.69) is 44.2 Å². The normalized spacial score (nSPS) is 14.3. The van der Waals surface area contributed by atoms with Gasteiger partial charge in [-0.2, -0.15) is 21.6 Å². The zero-order chi connectivity index (χ0) is 43.8. The second-order valence-corrected chi connectivity index (χ2v) is 16.8. The Morgan fingerprint density at radius 3 is 1.93 bits per heavy atom. The minimum atomic E-state index is -3.99. The molecule has 0 radical (unpaired) electrons. The van der Waals surface area contributed by atoms with Gasteiger partial charge < -0.3 is 20.4 Å². The van der Waals surface area contributed by atoms with Gasteiger partial charge in [0.2, 0.25) is 25.9 Å². The number of phenolic OH excluding ortho intramolecular Hbond substituents is 2. The molecule has 0 saturated heterocycles. The first-order valence-electron chi connectivity index (χ1n) is 16.5.